The summed E-state index contributed by atoms with van der Waals surface area (Å²) in [6, 6.07) is 7.73. The summed E-state index contributed by atoms with van der Waals surface area (Å²) in [5.41, 5.74) is 4.61. The molecule has 1 aliphatic carbocycles. The van der Waals surface area contributed by atoms with Crippen LogP contribution in [0.3, 0.4) is 0 Å². The van der Waals surface area contributed by atoms with Crippen LogP contribution in [0.15, 0.2) is 36.7 Å². The number of fused-ring (bicyclic) bond motifs is 3. The Bertz CT molecular complexity index is 903. The Hall–Kier alpha value is -2.89. The van der Waals surface area contributed by atoms with Crippen LogP contribution in [-0.2, 0) is 12.8 Å². The molecule has 0 radical (unpaired) electrons. The number of hydrogen-bond donors (Lipinski definition) is 3. The summed E-state index contributed by atoms with van der Waals surface area (Å²) in [4.78, 5) is 24.2. The van der Waals surface area contributed by atoms with Crippen LogP contribution in [0.1, 0.15) is 40.9 Å². The Morgan fingerprint density at radius 3 is 2.85 bits per heavy atom. The van der Waals surface area contributed by atoms with Gasteiger partial charge in [-0.25, -0.2) is 9.97 Å². The largest absolute Gasteiger partial charge is 0.358 e. The highest BCUT2D eigenvalue weighted by atomic mass is 16.1. The molecule has 6 nitrogen and oxygen atoms in total. The molecule has 6 heteroatoms. The number of hydrogen-bond acceptors (Lipinski definition) is 4. The Morgan fingerprint density at radius 2 is 1.96 bits per heavy atom. The number of carbonyl (C=O) groups excluding carboxylic acids is 1. The van der Waals surface area contributed by atoms with Gasteiger partial charge in [-0.2, -0.15) is 0 Å². The predicted octanol–water partition coefficient (Wildman–Crippen LogP) is 3.07. The van der Waals surface area contributed by atoms with Gasteiger partial charge in [0.1, 0.15) is 0 Å². The fourth-order valence-corrected chi connectivity index (χ4v) is 3.53. The van der Waals surface area contributed by atoms with Gasteiger partial charge in [-0.15, -0.1) is 0 Å². The zero-order valence-corrected chi connectivity index (χ0v) is 14.7. The van der Waals surface area contributed by atoms with E-state index in [1.165, 1.54) is 29.5 Å². The van der Waals surface area contributed by atoms with Crippen molar-refractivity contribution in [2.75, 3.05) is 18.4 Å². The fraction of sp³-hybridized carbons (Fsp3) is 0.350. The van der Waals surface area contributed by atoms with Crippen molar-refractivity contribution < 1.29 is 4.79 Å². The monoisotopic (exact) mass is 349 g/mol. The first-order chi connectivity index (χ1) is 12.8. The number of rotatable bonds is 6. The van der Waals surface area contributed by atoms with E-state index in [9.17, 15) is 4.79 Å². The van der Waals surface area contributed by atoms with Gasteiger partial charge in [-0.3, -0.25) is 4.79 Å². The molecule has 2 aromatic heterocycles. The lowest BCUT2D eigenvalue weighted by Gasteiger charge is -2.10. The molecule has 0 fully saturated rings. The molecule has 0 atom stereocenters. The van der Waals surface area contributed by atoms with Crippen LogP contribution in [0.25, 0.3) is 10.9 Å². The molecule has 4 rings (SSSR count). The molecule has 0 bridgehead atoms. The third-order valence-electron chi connectivity index (χ3n) is 4.85. The van der Waals surface area contributed by atoms with Crippen molar-refractivity contribution in [1.29, 1.82) is 0 Å². The Balaban J connectivity index is 1.33. The minimum Gasteiger partial charge on any atom is -0.358 e. The molecule has 0 spiro atoms. The van der Waals surface area contributed by atoms with E-state index in [1.54, 1.807) is 18.5 Å². The van der Waals surface area contributed by atoms with Gasteiger partial charge in [0.25, 0.3) is 5.91 Å². The lowest BCUT2D eigenvalue weighted by atomic mass is 9.95. The maximum absolute atomic E-state index is 12.4. The molecular weight excluding hydrogens is 326 g/mol. The van der Waals surface area contributed by atoms with Gasteiger partial charge in [0, 0.05) is 47.6 Å². The van der Waals surface area contributed by atoms with Gasteiger partial charge < -0.3 is 15.6 Å². The minimum absolute atomic E-state index is 0.0198. The van der Waals surface area contributed by atoms with Crippen molar-refractivity contribution in [2.45, 2.75) is 32.1 Å². The van der Waals surface area contributed by atoms with Crippen molar-refractivity contribution in [1.82, 2.24) is 20.3 Å². The van der Waals surface area contributed by atoms with E-state index in [0.29, 0.717) is 19.0 Å². The number of H-pyrrole nitrogens is 1. The second kappa shape index (κ2) is 7.56. The van der Waals surface area contributed by atoms with Gasteiger partial charge in [0.2, 0.25) is 5.95 Å². The number of anilines is 1. The van der Waals surface area contributed by atoms with Crippen LogP contribution in [-0.4, -0.2) is 33.9 Å². The molecule has 1 amide bonds. The maximum Gasteiger partial charge on any atom is 0.251 e. The summed E-state index contributed by atoms with van der Waals surface area (Å²) in [5.74, 6) is 0.593. The summed E-state index contributed by atoms with van der Waals surface area (Å²) in [6.07, 6.45) is 8.91. The number of aromatic amines is 1. The number of carbonyl (C=O) groups is 1. The van der Waals surface area contributed by atoms with Gasteiger partial charge in [0.15, 0.2) is 0 Å². The second-order valence-corrected chi connectivity index (χ2v) is 6.66. The first-order valence-corrected chi connectivity index (χ1v) is 9.24. The maximum atomic E-state index is 12.4. The quantitative estimate of drug-likeness (QED) is 0.597. The Labute approximate surface area is 152 Å². The summed E-state index contributed by atoms with van der Waals surface area (Å²) >= 11 is 0. The summed E-state index contributed by atoms with van der Waals surface area (Å²) in [5, 5.41) is 7.33. The molecule has 0 saturated carbocycles. The molecule has 0 unspecified atom stereocenters. The smallest absolute Gasteiger partial charge is 0.251 e. The van der Waals surface area contributed by atoms with Gasteiger partial charge in [-0.05, 0) is 61.9 Å². The molecule has 134 valence electrons. The highest BCUT2D eigenvalue weighted by Gasteiger charge is 2.16. The third-order valence-corrected chi connectivity index (χ3v) is 4.85. The zero-order valence-electron chi connectivity index (χ0n) is 14.7. The standard InChI is InChI=1S/C20H23N5O/c26-19(21-9-3-10-22-20-23-11-4-12-24-20)14-7-8-18-16(13-14)15-5-1-2-6-17(15)25-18/h4,7-8,11-13,25H,1-3,5-6,9-10H2,(H,21,26)(H,22,23,24). The lowest BCUT2D eigenvalue weighted by Crippen LogP contribution is -2.25. The summed E-state index contributed by atoms with van der Waals surface area (Å²) in [7, 11) is 0. The van der Waals surface area contributed by atoms with Gasteiger partial charge in [-0.1, -0.05) is 0 Å². The van der Waals surface area contributed by atoms with Crippen LogP contribution in [0.5, 0.6) is 0 Å². The fourth-order valence-electron chi connectivity index (χ4n) is 3.53. The van der Waals surface area contributed by atoms with E-state index in [-0.39, 0.29) is 5.91 Å². The predicted molar refractivity (Wildman–Crippen MR) is 102 cm³/mol. The van der Waals surface area contributed by atoms with E-state index in [4.69, 9.17) is 0 Å². The third kappa shape index (κ3) is 3.54. The van der Waals surface area contributed by atoms with E-state index in [1.807, 2.05) is 18.2 Å². The van der Waals surface area contributed by atoms with Crippen LogP contribution in [0.2, 0.25) is 0 Å². The number of aryl methyl sites for hydroxylation is 2. The van der Waals surface area contributed by atoms with Crippen molar-refractivity contribution in [3.63, 3.8) is 0 Å². The SMILES string of the molecule is O=C(NCCCNc1ncccn1)c1ccc2[nH]c3c(c2c1)CCCC3. The topological polar surface area (TPSA) is 82.7 Å². The Morgan fingerprint density at radius 1 is 1.12 bits per heavy atom. The number of nitrogens with one attached hydrogen (secondary N) is 3. The number of benzene rings is 1. The Kier molecular flexibility index (Phi) is 4.82. The van der Waals surface area contributed by atoms with E-state index >= 15 is 0 Å². The van der Waals surface area contributed by atoms with Crippen molar-refractivity contribution in [2.24, 2.45) is 0 Å². The molecule has 3 aromatic rings. The van der Waals surface area contributed by atoms with Crippen LogP contribution in [0.4, 0.5) is 5.95 Å². The van der Waals surface area contributed by atoms with Crippen LogP contribution >= 0.6 is 0 Å². The lowest BCUT2D eigenvalue weighted by molar-refractivity contribution is 0.0953. The number of aromatic nitrogens is 3. The van der Waals surface area contributed by atoms with E-state index < -0.39 is 0 Å². The molecule has 0 saturated heterocycles. The van der Waals surface area contributed by atoms with Crippen LogP contribution in [0, 0.1) is 0 Å². The molecule has 26 heavy (non-hydrogen) atoms. The van der Waals surface area contributed by atoms with Gasteiger partial charge in [0.05, 0.1) is 0 Å². The summed E-state index contributed by atoms with van der Waals surface area (Å²) in [6.45, 7) is 1.33. The molecule has 1 aliphatic rings. The van der Waals surface area contributed by atoms with Crippen molar-refractivity contribution in [3.8, 4) is 0 Å². The second-order valence-electron chi connectivity index (χ2n) is 6.66. The molecule has 3 N–H and O–H groups in total. The normalized spacial score (nSPS) is 13.4. The summed E-state index contributed by atoms with van der Waals surface area (Å²) < 4.78 is 0. The molecule has 0 aliphatic heterocycles. The molecular formula is C20H23N5O. The highest BCUT2D eigenvalue weighted by Crippen LogP contribution is 2.29. The highest BCUT2D eigenvalue weighted by molar-refractivity contribution is 5.99. The van der Waals surface area contributed by atoms with E-state index in [0.717, 1.165) is 30.3 Å². The van der Waals surface area contributed by atoms with Gasteiger partial charge >= 0.3 is 0 Å². The first-order valence-electron chi connectivity index (χ1n) is 9.24. The van der Waals surface area contributed by atoms with Crippen molar-refractivity contribution in [3.05, 3.63) is 53.5 Å². The zero-order chi connectivity index (χ0) is 17.8. The molecule has 2 heterocycles. The average molecular weight is 349 g/mol. The number of amides is 1. The first kappa shape index (κ1) is 16.6. The average Bonchev–Trinajstić information content (AvgIpc) is 3.06. The van der Waals surface area contributed by atoms with Crippen LogP contribution < -0.4 is 10.6 Å². The molecule has 1 aromatic carbocycles. The van der Waals surface area contributed by atoms with E-state index in [2.05, 4.69) is 25.6 Å². The minimum atomic E-state index is -0.0198. The number of nitrogens with zero attached hydrogens (tertiary/aromatic N) is 2. The van der Waals surface area contributed by atoms with Crippen molar-refractivity contribution >= 4 is 22.8 Å².